The van der Waals surface area contributed by atoms with Gasteiger partial charge in [0.25, 0.3) is 0 Å². The highest BCUT2D eigenvalue weighted by Gasteiger charge is 2.41. The van der Waals surface area contributed by atoms with Crippen LogP contribution in [-0.2, 0) is 33.0 Å². The summed E-state index contributed by atoms with van der Waals surface area (Å²) in [4.78, 5) is 4.38. The van der Waals surface area contributed by atoms with Crippen molar-refractivity contribution in [1.29, 1.82) is 0 Å². The van der Waals surface area contributed by atoms with Crippen LogP contribution < -0.4 is 14.2 Å². The Morgan fingerprint density at radius 2 is 1.89 bits per heavy atom. The van der Waals surface area contributed by atoms with Crippen molar-refractivity contribution in [2.45, 2.75) is 57.4 Å². The molecule has 2 unspecified atom stereocenters. The third kappa shape index (κ3) is 7.29. The number of methoxy groups -OCH3 is 2. The van der Waals surface area contributed by atoms with Crippen LogP contribution in [0.15, 0.2) is 39.3 Å². The summed E-state index contributed by atoms with van der Waals surface area (Å²) < 4.78 is 63.3. The Kier molecular flexibility index (Phi) is 9.76. The first-order valence-electron chi connectivity index (χ1n) is 12.0. The van der Waals surface area contributed by atoms with E-state index < -0.39 is 37.0 Å². The molecule has 1 aliphatic heterocycles. The van der Waals surface area contributed by atoms with Crippen LogP contribution in [-0.4, -0.2) is 55.5 Å². The zero-order chi connectivity index (χ0) is 27.4. The predicted molar refractivity (Wildman–Crippen MR) is 150 cm³/mol. The van der Waals surface area contributed by atoms with E-state index in [0.717, 1.165) is 18.4 Å². The van der Waals surface area contributed by atoms with E-state index in [9.17, 15) is 8.42 Å². The largest absolute Gasteiger partial charge is 0.497 e. The van der Waals surface area contributed by atoms with Crippen LogP contribution in [0.3, 0.4) is 0 Å². The standard InChI is InChI=1S/C25H36BrFN4O4S2/c1-24(2,3)36(32)30-25(4,23-20(27)11-12-22(26)29-23)17-37(33)28-13-7-8-14-31(37)16-18-9-10-19(34-5)15-21(18)35-6/h9-12,15,30H,7-8,13-14,16-17H2,1-6H3/t25-,36?,37?/m0/s1. The maximum atomic E-state index is 15.2. The second kappa shape index (κ2) is 12.1. The zero-order valence-electron chi connectivity index (χ0n) is 22.2. The Labute approximate surface area is 230 Å². The van der Waals surface area contributed by atoms with Crippen molar-refractivity contribution in [3.63, 3.8) is 0 Å². The van der Waals surface area contributed by atoms with Crippen LogP contribution in [0.2, 0.25) is 0 Å². The summed E-state index contributed by atoms with van der Waals surface area (Å²) in [5.74, 6) is 0.573. The molecule has 0 amide bonds. The van der Waals surface area contributed by atoms with Crippen LogP contribution in [0.1, 0.15) is 51.8 Å². The smallest absolute Gasteiger partial charge is 0.146 e. The minimum absolute atomic E-state index is 0.0311. The molecule has 0 spiro atoms. The highest BCUT2D eigenvalue weighted by molar-refractivity contribution is 9.10. The summed E-state index contributed by atoms with van der Waals surface area (Å²) in [6.45, 7) is 8.40. The molecule has 2 heterocycles. The Morgan fingerprint density at radius 3 is 2.54 bits per heavy atom. The lowest BCUT2D eigenvalue weighted by atomic mass is 10.0. The van der Waals surface area contributed by atoms with Crippen molar-refractivity contribution in [3.05, 3.63) is 52.0 Å². The average Bonchev–Trinajstić information content (AvgIpc) is 3.00. The summed E-state index contributed by atoms with van der Waals surface area (Å²) in [6.07, 6.45) is 1.59. The lowest BCUT2D eigenvalue weighted by Gasteiger charge is -2.36. The fourth-order valence-corrected chi connectivity index (χ4v) is 7.86. The molecule has 206 valence electrons. The van der Waals surface area contributed by atoms with E-state index in [1.165, 1.54) is 12.1 Å². The summed E-state index contributed by atoms with van der Waals surface area (Å²) in [7, 11) is -1.52. The lowest BCUT2D eigenvalue weighted by molar-refractivity contribution is 0.374. The SMILES string of the molecule is COc1ccc(CN2CCCCN=S2(=O)C[C@](C)(NS(=O)C(C)(C)C)c2nc(Br)ccc2F)c(OC)c1. The summed E-state index contributed by atoms with van der Waals surface area (Å²) in [5, 5.41) is 0. The van der Waals surface area contributed by atoms with E-state index >= 15 is 4.39 Å². The molecule has 8 nitrogen and oxygen atoms in total. The number of benzene rings is 1. The molecule has 0 aliphatic carbocycles. The molecular formula is C25H36BrFN4O4S2. The maximum Gasteiger partial charge on any atom is 0.146 e. The van der Waals surface area contributed by atoms with E-state index in [1.54, 1.807) is 27.2 Å². The zero-order valence-corrected chi connectivity index (χ0v) is 25.4. The van der Waals surface area contributed by atoms with Gasteiger partial charge in [0.05, 0.1) is 46.9 Å². The van der Waals surface area contributed by atoms with Crippen LogP contribution in [0.25, 0.3) is 0 Å². The molecule has 1 aliphatic rings. The molecule has 2 aromatic rings. The number of hydrogen-bond donors (Lipinski definition) is 1. The first-order chi connectivity index (χ1) is 17.3. The van der Waals surface area contributed by atoms with E-state index in [-0.39, 0.29) is 11.4 Å². The van der Waals surface area contributed by atoms with Gasteiger partial charge in [0.2, 0.25) is 0 Å². The average molecular weight is 620 g/mol. The molecule has 0 bridgehead atoms. The van der Waals surface area contributed by atoms with Crippen molar-refractivity contribution in [2.24, 2.45) is 4.36 Å². The monoisotopic (exact) mass is 618 g/mol. The summed E-state index contributed by atoms with van der Waals surface area (Å²) >= 11 is 3.32. The van der Waals surface area contributed by atoms with Crippen molar-refractivity contribution in [3.8, 4) is 11.5 Å². The fraction of sp³-hybridized carbons (Fsp3) is 0.560. The van der Waals surface area contributed by atoms with Gasteiger partial charge in [-0.2, -0.15) is 0 Å². The minimum Gasteiger partial charge on any atom is -0.497 e. The third-order valence-corrected chi connectivity index (χ3v) is 10.9. The van der Waals surface area contributed by atoms with Crippen LogP contribution in [0, 0.1) is 5.82 Å². The lowest BCUT2D eigenvalue weighted by Crippen LogP contribution is -2.53. The molecule has 37 heavy (non-hydrogen) atoms. The quantitative estimate of drug-likeness (QED) is 0.402. The van der Waals surface area contributed by atoms with Gasteiger partial charge in [0.1, 0.15) is 31.8 Å². The normalized spacial score (nSPS) is 21.4. The van der Waals surface area contributed by atoms with Crippen LogP contribution in [0.5, 0.6) is 11.5 Å². The van der Waals surface area contributed by atoms with Gasteiger partial charge in [-0.05, 0) is 74.7 Å². The van der Waals surface area contributed by atoms with Gasteiger partial charge >= 0.3 is 0 Å². The molecule has 1 N–H and O–H groups in total. The van der Waals surface area contributed by atoms with Crippen molar-refractivity contribution >= 4 is 36.8 Å². The Balaban J connectivity index is 2.08. The first-order valence-corrected chi connectivity index (χ1v) is 15.6. The Morgan fingerprint density at radius 1 is 1.16 bits per heavy atom. The van der Waals surface area contributed by atoms with Crippen molar-refractivity contribution in [1.82, 2.24) is 14.0 Å². The summed E-state index contributed by atoms with van der Waals surface area (Å²) in [6, 6.07) is 8.28. The van der Waals surface area contributed by atoms with Crippen LogP contribution >= 0.6 is 15.9 Å². The van der Waals surface area contributed by atoms with Gasteiger partial charge < -0.3 is 9.47 Å². The fourth-order valence-electron chi connectivity index (χ4n) is 4.01. The Hall–Kier alpha value is -1.60. The van der Waals surface area contributed by atoms with Crippen molar-refractivity contribution < 1.29 is 22.3 Å². The number of halogens is 2. The van der Waals surface area contributed by atoms with E-state index in [2.05, 4.69) is 30.0 Å². The van der Waals surface area contributed by atoms with E-state index in [1.807, 2.05) is 37.2 Å². The highest BCUT2D eigenvalue weighted by atomic mass is 79.9. The molecular weight excluding hydrogens is 583 g/mol. The molecule has 3 rings (SSSR count). The van der Waals surface area contributed by atoms with Gasteiger partial charge in [0.15, 0.2) is 0 Å². The van der Waals surface area contributed by atoms with Gasteiger partial charge in [-0.3, -0.25) is 0 Å². The highest BCUT2D eigenvalue weighted by Crippen LogP contribution is 2.32. The van der Waals surface area contributed by atoms with E-state index in [0.29, 0.717) is 35.7 Å². The van der Waals surface area contributed by atoms with E-state index in [4.69, 9.17) is 9.47 Å². The Bertz CT molecular complexity index is 1260. The second-order valence-corrected chi connectivity index (χ2v) is 15.2. The first kappa shape index (κ1) is 29.9. The van der Waals surface area contributed by atoms with Gasteiger partial charge in [-0.25, -0.2) is 31.2 Å². The predicted octanol–water partition coefficient (Wildman–Crippen LogP) is 4.95. The third-order valence-electron chi connectivity index (χ3n) is 6.04. The topological polar surface area (TPSA) is 93.1 Å². The minimum atomic E-state index is -3.08. The van der Waals surface area contributed by atoms with Gasteiger partial charge in [-0.15, -0.1) is 0 Å². The van der Waals surface area contributed by atoms with Crippen molar-refractivity contribution in [2.75, 3.05) is 33.1 Å². The molecule has 12 heteroatoms. The summed E-state index contributed by atoms with van der Waals surface area (Å²) in [5.41, 5.74) is -0.490. The van der Waals surface area contributed by atoms with Gasteiger partial charge in [-0.1, -0.05) is 6.07 Å². The molecule has 0 radical (unpaired) electrons. The molecule has 0 saturated carbocycles. The number of nitrogens with one attached hydrogen (secondary N) is 1. The number of ether oxygens (including phenoxy) is 2. The van der Waals surface area contributed by atoms with Crippen LogP contribution in [0.4, 0.5) is 4.39 Å². The molecule has 3 atom stereocenters. The number of nitrogens with zero attached hydrogens (tertiary/aromatic N) is 3. The molecule has 1 aromatic carbocycles. The number of hydrogen-bond acceptors (Lipinski definition) is 6. The van der Waals surface area contributed by atoms with Gasteiger partial charge in [0, 0.05) is 31.3 Å². The molecule has 0 fully saturated rings. The maximum absolute atomic E-state index is 15.2. The number of aromatic nitrogens is 1. The number of pyridine rings is 1. The molecule has 1 aromatic heterocycles. The number of rotatable bonds is 9. The molecule has 0 saturated heterocycles. The second-order valence-electron chi connectivity index (χ2n) is 10.1.